The zero-order chi connectivity index (χ0) is 26.3. The van der Waals surface area contributed by atoms with E-state index in [4.69, 9.17) is 9.72 Å². The predicted molar refractivity (Wildman–Crippen MR) is 147 cm³/mol. The lowest BCUT2D eigenvalue weighted by atomic mass is 9.76. The summed E-state index contributed by atoms with van der Waals surface area (Å²) in [7, 11) is -2.93. The van der Waals surface area contributed by atoms with E-state index >= 15 is 0 Å². The Morgan fingerprint density at radius 1 is 1.13 bits per heavy atom. The molecule has 1 aromatic carbocycles. The molecule has 3 atom stereocenters. The highest BCUT2D eigenvalue weighted by atomic mass is 32.2. The predicted octanol–water partition coefficient (Wildman–Crippen LogP) is 3.99. The van der Waals surface area contributed by atoms with Crippen LogP contribution in [0, 0.1) is 17.2 Å². The van der Waals surface area contributed by atoms with Gasteiger partial charge in [-0.25, -0.2) is 13.4 Å². The quantitative estimate of drug-likeness (QED) is 0.574. The largest absolute Gasteiger partial charge is 0.381 e. The van der Waals surface area contributed by atoms with Gasteiger partial charge in [0.2, 0.25) is 5.91 Å². The highest BCUT2D eigenvalue weighted by molar-refractivity contribution is 7.91. The molecule has 1 amide bonds. The molecule has 0 radical (unpaired) electrons. The number of carbonyl (C=O) groups excluding carboxylic acids is 1. The maximum Gasteiger partial charge on any atom is 0.225 e. The monoisotopic (exact) mass is 554 g/mol. The molecule has 3 heterocycles. The summed E-state index contributed by atoms with van der Waals surface area (Å²) in [5, 5.41) is 13.7. The lowest BCUT2D eigenvalue weighted by Crippen LogP contribution is -2.42. The van der Waals surface area contributed by atoms with Gasteiger partial charge in [0.1, 0.15) is 5.54 Å². The lowest BCUT2D eigenvalue weighted by Gasteiger charge is -2.31. The van der Waals surface area contributed by atoms with Crippen LogP contribution in [0.15, 0.2) is 24.3 Å². The van der Waals surface area contributed by atoms with Gasteiger partial charge >= 0.3 is 0 Å². The highest BCUT2D eigenvalue weighted by Crippen LogP contribution is 2.46. The van der Waals surface area contributed by atoms with E-state index in [0.717, 1.165) is 78.4 Å². The van der Waals surface area contributed by atoms with Crippen molar-refractivity contribution in [3.05, 3.63) is 35.0 Å². The zero-order valence-electron chi connectivity index (χ0n) is 21.5. The molecule has 0 unspecified atom stereocenters. The fourth-order valence-corrected chi connectivity index (χ4v) is 8.46. The average molecular weight is 555 g/mol. The third kappa shape index (κ3) is 5.21. The van der Waals surface area contributed by atoms with Crippen LogP contribution < -0.4 is 10.2 Å². The van der Waals surface area contributed by atoms with Crippen LogP contribution in [0.5, 0.6) is 0 Å². The number of benzene rings is 1. The number of rotatable bonds is 6. The van der Waals surface area contributed by atoms with Crippen molar-refractivity contribution in [1.29, 1.82) is 5.26 Å². The minimum Gasteiger partial charge on any atom is -0.381 e. The minimum atomic E-state index is -2.93. The van der Waals surface area contributed by atoms with Crippen molar-refractivity contribution in [3.63, 3.8) is 0 Å². The molecule has 2 aliphatic carbocycles. The standard InChI is InChI=1S/C28H34N4O4S2/c29-18-28(10-11-28)31-26(33)23-4-2-1-3-22(23)24-25(37-27(30-24)20-9-14-36-17-20)19-5-7-21(8-6-19)32-12-15-38(34,35)16-13-32/h5-8,20,22-23H,1-4,9-17H2,(H,31,33)/t20-,22-,23-/m1/s1. The molecule has 1 aromatic heterocycles. The van der Waals surface area contributed by atoms with Gasteiger partial charge < -0.3 is 15.0 Å². The van der Waals surface area contributed by atoms with E-state index in [2.05, 4.69) is 40.6 Å². The maximum atomic E-state index is 13.4. The van der Waals surface area contributed by atoms with Gasteiger partial charge in [0.15, 0.2) is 9.84 Å². The van der Waals surface area contributed by atoms with Gasteiger partial charge in [-0.3, -0.25) is 4.79 Å². The number of anilines is 1. The van der Waals surface area contributed by atoms with Gasteiger partial charge in [-0.05, 0) is 49.8 Å². The van der Waals surface area contributed by atoms with Crippen LogP contribution in [0.25, 0.3) is 10.4 Å². The second kappa shape index (κ2) is 10.2. The number of sulfone groups is 1. The Balaban J connectivity index is 1.30. The van der Waals surface area contributed by atoms with Gasteiger partial charge in [-0.1, -0.05) is 25.0 Å². The fraction of sp³-hybridized carbons (Fsp3) is 0.607. The van der Waals surface area contributed by atoms with E-state index in [-0.39, 0.29) is 35.2 Å². The van der Waals surface area contributed by atoms with E-state index in [1.165, 1.54) is 0 Å². The van der Waals surface area contributed by atoms with E-state index < -0.39 is 15.4 Å². The first-order valence-corrected chi connectivity index (χ1v) is 16.4. The number of thiazole rings is 1. The van der Waals surface area contributed by atoms with Crippen molar-refractivity contribution in [3.8, 4) is 16.5 Å². The third-order valence-corrected chi connectivity index (χ3v) is 11.5. The Morgan fingerprint density at radius 2 is 1.87 bits per heavy atom. The molecular weight excluding hydrogens is 520 g/mol. The van der Waals surface area contributed by atoms with Crippen molar-refractivity contribution in [2.24, 2.45) is 5.92 Å². The molecule has 2 aliphatic heterocycles. The molecule has 8 nitrogen and oxygen atoms in total. The Morgan fingerprint density at radius 3 is 2.53 bits per heavy atom. The third-order valence-electron chi connectivity index (χ3n) is 8.57. The minimum absolute atomic E-state index is 0.00570. The van der Waals surface area contributed by atoms with Crippen molar-refractivity contribution in [2.45, 2.75) is 62.3 Å². The number of ether oxygens (including phenoxy) is 1. The second-order valence-corrected chi connectivity index (χ2v) is 14.5. The molecule has 2 aromatic rings. The van der Waals surface area contributed by atoms with Crippen LogP contribution in [0.2, 0.25) is 0 Å². The second-order valence-electron chi connectivity index (χ2n) is 11.2. The van der Waals surface area contributed by atoms with Crippen LogP contribution in [0.4, 0.5) is 5.69 Å². The molecule has 202 valence electrons. The number of amides is 1. The highest BCUT2D eigenvalue weighted by Gasteiger charge is 2.47. The summed E-state index contributed by atoms with van der Waals surface area (Å²) < 4.78 is 29.4. The number of nitrogens with one attached hydrogen (secondary N) is 1. The van der Waals surface area contributed by atoms with Crippen LogP contribution >= 0.6 is 11.3 Å². The van der Waals surface area contributed by atoms with Gasteiger partial charge in [-0.2, -0.15) is 5.26 Å². The molecular formula is C28H34N4O4S2. The summed E-state index contributed by atoms with van der Waals surface area (Å²) in [6.07, 6.45) is 6.22. The molecule has 0 bridgehead atoms. The number of aromatic nitrogens is 1. The summed E-state index contributed by atoms with van der Waals surface area (Å²) >= 11 is 1.72. The maximum absolute atomic E-state index is 13.4. The summed E-state index contributed by atoms with van der Waals surface area (Å²) in [4.78, 5) is 21.9. The first kappa shape index (κ1) is 25.8. The number of nitrogens with zero attached hydrogens (tertiary/aromatic N) is 3. The molecule has 2 saturated carbocycles. The lowest BCUT2D eigenvalue weighted by molar-refractivity contribution is -0.127. The first-order chi connectivity index (χ1) is 18.4. The smallest absolute Gasteiger partial charge is 0.225 e. The summed E-state index contributed by atoms with van der Waals surface area (Å²) in [6, 6.07) is 10.7. The zero-order valence-corrected chi connectivity index (χ0v) is 23.2. The molecule has 4 fully saturated rings. The summed E-state index contributed by atoms with van der Waals surface area (Å²) in [5.74, 6) is 0.503. The number of carbonyl (C=O) groups is 1. The van der Waals surface area contributed by atoms with Gasteiger partial charge in [0.05, 0.1) is 39.8 Å². The molecule has 1 N–H and O–H groups in total. The van der Waals surface area contributed by atoms with Gasteiger partial charge in [0, 0.05) is 43.1 Å². The van der Waals surface area contributed by atoms with Crippen LogP contribution in [0.1, 0.15) is 67.5 Å². The van der Waals surface area contributed by atoms with Crippen molar-refractivity contribution in [1.82, 2.24) is 10.3 Å². The van der Waals surface area contributed by atoms with Crippen LogP contribution in [-0.2, 0) is 19.4 Å². The van der Waals surface area contributed by atoms with Crippen molar-refractivity contribution in [2.75, 3.05) is 42.7 Å². The molecule has 2 saturated heterocycles. The Labute approximate surface area is 228 Å². The first-order valence-electron chi connectivity index (χ1n) is 13.7. The van der Waals surface area contributed by atoms with E-state index in [0.29, 0.717) is 19.7 Å². The number of hydrogen-bond acceptors (Lipinski definition) is 8. The Kier molecular flexibility index (Phi) is 6.95. The molecule has 10 heteroatoms. The molecule has 4 aliphatic rings. The van der Waals surface area contributed by atoms with Crippen molar-refractivity contribution >= 4 is 32.8 Å². The van der Waals surface area contributed by atoms with E-state index in [9.17, 15) is 18.5 Å². The molecule has 6 rings (SSSR count). The van der Waals surface area contributed by atoms with E-state index in [1.54, 1.807) is 11.3 Å². The number of nitriles is 1. The van der Waals surface area contributed by atoms with Gasteiger partial charge in [-0.15, -0.1) is 11.3 Å². The average Bonchev–Trinajstić information content (AvgIpc) is 3.30. The summed E-state index contributed by atoms with van der Waals surface area (Å²) in [6.45, 7) is 2.47. The van der Waals surface area contributed by atoms with Gasteiger partial charge in [0.25, 0.3) is 0 Å². The van der Waals surface area contributed by atoms with Crippen LogP contribution in [-0.4, -0.2) is 62.7 Å². The number of hydrogen-bond donors (Lipinski definition) is 1. The van der Waals surface area contributed by atoms with E-state index in [1.807, 2.05) is 0 Å². The normalized spacial score (nSPS) is 28.0. The molecule has 38 heavy (non-hydrogen) atoms. The SMILES string of the molecule is N#CC1(NC(=O)[C@@H]2CCCC[C@H]2c2nc([C@@H]3CCOC3)sc2-c2ccc(N3CCS(=O)(=O)CC3)cc2)CC1. The summed E-state index contributed by atoms with van der Waals surface area (Å²) in [5.41, 5.74) is 2.45. The van der Waals surface area contributed by atoms with Crippen molar-refractivity contribution < 1.29 is 17.9 Å². The molecule has 0 spiro atoms. The topological polar surface area (TPSA) is 112 Å². The fourth-order valence-electron chi connectivity index (χ4n) is 6.00. The van der Waals surface area contributed by atoms with Crippen LogP contribution in [0.3, 0.4) is 0 Å². The Hall–Kier alpha value is -2.48. The Bertz CT molecular complexity index is 1320.